The van der Waals surface area contributed by atoms with Crippen LogP contribution >= 0.6 is 0 Å². The zero-order valence-electron chi connectivity index (χ0n) is 23.9. The van der Waals surface area contributed by atoms with Gasteiger partial charge in [-0.2, -0.15) is 5.26 Å². The van der Waals surface area contributed by atoms with E-state index in [0.717, 1.165) is 24.8 Å². The van der Waals surface area contributed by atoms with Crippen molar-refractivity contribution in [1.29, 1.82) is 5.26 Å². The Balaban J connectivity index is 1.50. The lowest BCUT2D eigenvalue weighted by atomic mass is 9.83. The van der Waals surface area contributed by atoms with Crippen LogP contribution in [0.3, 0.4) is 0 Å². The van der Waals surface area contributed by atoms with Gasteiger partial charge in [0.2, 0.25) is 5.88 Å². The summed E-state index contributed by atoms with van der Waals surface area (Å²) in [5, 5.41) is 9.93. The number of nitrogens with zero attached hydrogens (tertiary/aromatic N) is 1. The molecule has 214 valence electrons. The molecule has 3 aromatic carbocycles. The van der Waals surface area contributed by atoms with Crippen molar-refractivity contribution in [3.63, 3.8) is 0 Å². The van der Waals surface area contributed by atoms with Crippen molar-refractivity contribution in [3.05, 3.63) is 88.8 Å². The van der Waals surface area contributed by atoms with Crippen molar-refractivity contribution in [2.45, 2.75) is 51.9 Å². The van der Waals surface area contributed by atoms with Gasteiger partial charge in [0.25, 0.3) is 0 Å². The number of nitriles is 1. The number of carbonyl (C=O) groups excluding carboxylic acids is 1. The third-order valence-corrected chi connectivity index (χ3v) is 6.85. The maximum atomic E-state index is 12.5. The van der Waals surface area contributed by atoms with Gasteiger partial charge in [0.1, 0.15) is 28.9 Å². The molecule has 0 amide bonds. The highest BCUT2D eigenvalue weighted by Crippen LogP contribution is 2.45. The Hall–Kier alpha value is -4.64. The molecule has 8 nitrogen and oxygen atoms in total. The van der Waals surface area contributed by atoms with Crippen LogP contribution in [-0.4, -0.2) is 26.3 Å². The quantitative estimate of drug-likeness (QED) is 0.151. The Morgan fingerprint density at radius 3 is 2.44 bits per heavy atom. The predicted molar refractivity (Wildman–Crippen MR) is 155 cm³/mol. The summed E-state index contributed by atoms with van der Waals surface area (Å²) >= 11 is 0. The smallest absolute Gasteiger partial charge is 0.349 e. The van der Waals surface area contributed by atoms with Gasteiger partial charge in [0, 0.05) is 11.6 Å². The first kappa shape index (κ1) is 29.3. The van der Waals surface area contributed by atoms with Crippen LogP contribution in [0.25, 0.3) is 0 Å². The highest BCUT2D eigenvalue weighted by atomic mass is 16.6. The standard InChI is InChI=1S/C33H36N2O6/c1-5-6-7-16-38-28-15-10-23(17-30(28)37-4)32-26-14-13-25(18-29(26)41-33(35)27(32)19-34)40-31(36)20-39-24-11-8-22(9-12-24)21(2)3/h8-15,17-18,21,32H,5-7,16,20,35H2,1-4H3. The fourth-order valence-corrected chi connectivity index (χ4v) is 4.61. The second kappa shape index (κ2) is 13.6. The van der Waals surface area contributed by atoms with Gasteiger partial charge < -0.3 is 29.4 Å². The van der Waals surface area contributed by atoms with Gasteiger partial charge in [-0.15, -0.1) is 0 Å². The van der Waals surface area contributed by atoms with Gasteiger partial charge in [-0.1, -0.05) is 57.9 Å². The third-order valence-electron chi connectivity index (χ3n) is 6.85. The summed E-state index contributed by atoms with van der Waals surface area (Å²) < 4.78 is 28.4. The number of ether oxygens (including phenoxy) is 5. The molecule has 0 saturated heterocycles. The second-order valence-corrected chi connectivity index (χ2v) is 10.1. The summed E-state index contributed by atoms with van der Waals surface area (Å²) in [7, 11) is 1.58. The van der Waals surface area contributed by atoms with Crippen LogP contribution in [0.1, 0.15) is 68.6 Å². The summed E-state index contributed by atoms with van der Waals surface area (Å²) in [6.07, 6.45) is 3.15. The van der Waals surface area contributed by atoms with Crippen LogP contribution in [-0.2, 0) is 4.79 Å². The number of esters is 1. The molecule has 1 unspecified atom stereocenters. The molecule has 0 spiro atoms. The van der Waals surface area contributed by atoms with Crippen molar-refractivity contribution in [2.24, 2.45) is 5.73 Å². The fraction of sp³-hybridized carbons (Fsp3) is 0.333. The van der Waals surface area contributed by atoms with Gasteiger partial charge in [-0.05, 0) is 53.8 Å². The number of unbranched alkanes of at least 4 members (excludes halogenated alkanes) is 2. The molecule has 2 N–H and O–H groups in total. The maximum Gasteiger partial charge on any atom is 0.349 e. The molecule has 1 atom stereocenters. The molecule has 0 aliphatic carbocycles. The summed E-state index contributed by atoms with van der Waals surface area (Å²) in [5.74, 6) is 1.76. The van der Waals surface area contributed by atoms with Gasteiger partial charge >= 0.3 is 5.97 Å². The van der Waals surface area contributed by atoms with Crippen molar-refractivity contribution >= 4 is 5.97 Å². The van der Waals surface area contributed by atoms with Crippen molar-refractivity contribution in [3.8, 4) is 34.8 Å². The molecule has 41 heavy (non-hydrogen) atoms. The minimum absolute atomic E-state index is 0.0134. The molecule has 8 heteroatoms. The Bertz CT molecular complexity index is 1440. The van der Waals surface area contributed by atoms with Gasteiger partial charge in [0.15, 0.2) is 18.1 Å². The normalized spacial score (nSPS) is 14.1. The second-order valence-electron chi connectivity index (χ2n) is 10.1. The molecule has 0 fully saturated rings. The first-order valence-electron chi connectivity index (χ1n) is 13.8. The van der Waals surface area contributed by atoms with E-state index in [4.69, 9.17) is 29.4 Å². The van der Waals surface area contributed by atoms with E-state index in [1.807, 2.05) is 42.5 Å². The first-order valence-corrected chi connectivity index (χ1v) is 13.8. The largest absolute Gasteiger partial charge is 0.493 e. The molecule has 0 radical (unpaired) electrons. The van der Waals surface area contributed by atoms with Crippen LogP contribution < -0.4 is 29.4 Å². The van der Waals surface area contributed by atoms with E-state index in [0.29, 0.717) is 41.1 Å². The number of benzene rings is 3. The molecule has 4 rings (SSSR count). The van der Waals surface area contributed by atoms with Crippen molar-refractivity contribution in [1.82, 2.24) is 0 Å². The zero-order valence-corrected chi connectivity index (χ0v) is 23.9. The van der Waals surface area contributed by atoms with E-state index in [1.165, 1.54) is 5.56 Å². The fourth-order valence-electron chi connectivity index (χ4n) is 4.61. The van der Waals surface area contributed by atoms with Crippen molar-refractivity contribution < 1.29 is 28.5 Å². The number of carbonyl (C=O) groups is 1. The molecule has 0 bridgehead atoms. The Kier molecular flexibility index (Phi) is 9.75. The Labute approximate surface area is 241 Å². The molecule has 1 aliphatic heterocycles. The van der Waals surface area contributed by atoms with Gasteiger partial charge in [-0.3, -0.25) is 0 Å². The molecule has 3 aromatic rings. The zero-order chi connectivity index (χ0) is 29.4. The van der Waals surface area contributed by atoms with Crippen LogP contribution in [0.5, 0.6) is 28.7 Å². The number of fused-ring (bicyclic) bond motifs is 1. The van der Waals surface area contributed by atoms with Crippen LogP contribution in [0.15, 0.2) is 72.1 Å². The lowest BCUT2D eigenvalue weighted by molar-refractivity contribution is -0.136. The molecule has 1 heterocycles. The number of methoxy groups -OCH3 is 1. The average molecular weight is 557 g/mol. The van der Waals surface area contributed by atoms with Gasteiger partial charge in [0.05, 0.1) is 19.6 Å². The molecule has 1 aliphatic rings. The van der Waals surface area contributed by atoms with E-state index in [2.05, 4.69) is 26.8 Å². The Morgan fingerprint density at radius 1 is 1.00 bits per heavy atom. The van der Waals surface area contributed by atoms with Crippen molar-refractivity contribution in [2.75, 3.05) is 20.3 Å². The molecule has 0 saturated carbocycles. The summed E-state index contributed by atoms with van der Waals surface area (Å²) in [5.41, 5.74) is 9.12. The van der Waals surface area contributed by atoms with Gasteiger partial charge in [-0.25, -0.2) is 4.79 Å². The van der Waals surface area contributed by atoms with E-state index < -0.39 is 11.9 Å². The third kappa shape index (κ3) is 7.12. The number of allylic oxidation sites excluding steroid dienone is 1. The average Bonchev–Trinajstić information content (AvgIpc) is 2.97. The topological polar surface area (TPSA) is 113 Å². The van der Waals surface area contributed by atoms with E-state index >= 15 is 0 Å². The predicted octanol–water partition coefficient (Wildman–Crippen LogP) is 6.59. The minimum Gasteiger partial charge on any atom is -0.493 e. The summed E-state index contributed by atoms with van der Waals surface area (Å²) in [4.78, 5) is 12.5. The highest BCUT2D eigenvalue weighted by molar-refractivity contribution is 5.74. The molecular formula is C33H36N2O6. The Morgan fingerprint density at radius 2 is 1.76 bits per heavy atom. The summed E-state index contributed by atoms with van der Waals surface area (Å²) in [6.45, 7) is 6.70. The number of hydrogen-bond acceptors (Lipinski definition) is 8. The SMILES string of the molecule is CCCCCOc1ccc(C2C(C#N)=C(N)Oc3cc(OC(=O)COc4ccc(C(C)C)cc4)ccc32)cc1OC. The number of hydrogen-bond donors (Lipinski definition) is 1. The van der Waals surface area contributed by atoms with Crippen LogP contribution in [0.2, 0.25) is 0 Å². The lowest BCUT2D eigenvalue weighted by Crippen LogP contribution is -2.22. The number of nitrogens with two attached hydrogens (primary N) is 1. The minimum atomic E-state index is -0.564. The summed E-state index contributed by atoms with van der Waals surface area (Å²) in [6, 6.07) is 20.4. The highest BCUT2D eigenvalue weighted by Gasteiger charge is 2.31. The first-order chi connectivity index (χ1) is 19.8. The number of rotatable bonds is 12. The van der Waals surface area contributed by atoms with Crippen LogP contribution in [0.4, 0.5) is 0 Å². The molecule has 0 aromatic heterocycles. The monoisotopic (exact) mass is 556 g/mol. The van der Waals surface area contributed by atoms with Crippen LogP contribution in [0, 0.1) is 11.3 Å². The maximum absolute atomic E-state index is 12.5. The van der Waals surface area contributed by atoms with E-state index in [9.17, 15) is 10.1 Å². The van der Waals surface area contributed by atoms with E-state index in [-0.39, 0.29) is 23.8 Å². The molecular weight excluding hydrogens is 520 g/mol. The van der Waals surface area contributed by atoms with E-state index in [1.54, 1.807) is 25.3 Å². The lowest BCUT2D eigenvalue weighted by Gasteiger charge is -2.27.